The van der Waals surface area contributed by atoms with Crippen LogP contribution in [-0.2, 0) is 14.3 Å². The molecule has 5 nitrogen and oxygen atoms in total. The van der Waals surface area contributed by atoms with Gasteiger partial charge < -0.3 is 9.47 Å². The Morgan fingerprint density at radius 2 is 1.77 bits per heavy atom. The molecule has 0 heterocycles. The lowest BCUT2D eigenvalue weighted by atomic mass is 9.90. The van der Waals surface area contributed by atoms with Gasteiger partial charge in [-0.2, -0.15) is 0 Å². The van der Waals surface area contributed by atoms with E-state index in [4.69, 9.17) is 9.47 Å². The highest BCUT2D eigenvalue weighted by Crippen LogP contribution is 2.21. The van der Waals surface area contributed by atoms with Gasteiger partial charge in [-0.05, 0) is 38.1 Å². The van der Waals surface area contributed by atoms with Crippen LogP contribution in [0.3, 0.4) is 0 Å². The molecule has 0 unspecified atom stereocenters. The molecule has 118 valence electrons. The molecule has 0 aliphatic heterocycles. The first-order chi connectivity index (χ1) is 10.4. The minimum Gasteiger partial charge on any atom is -0.497 e. The second kappa shape index (κ2) is 8.12. The lowest BCUT2D eigenvalue weighted by Crippen LogP contribution is -2.25. The van der Waals surface area contributed by atoms with Gasteiger partial charge in [0, 0.05) is 17.6 Å². The van der Waals surface area contributed by atoms with Crippen LogP contribution < -0.4 is 4.74 Å². The standard InChI is InChI=1S/C17H20O5/c1-5-22-17(20)15(11(2)12(3)18)10-16(19)13-6-8-14(21-4)9-7-13/h6-9,15H,2,5,10H2,1,3-4H3/t15-/m1/s1. The summed E-state index contributed by atoms with van der Waals surface area (Å²) in [5.74, 6) is -1.52. The Labute approximate surface area is 129 Å². The first-order valence-electron chi connectivity index (χ1n) is 6.94. The van der Waals surface area contributed by atoms with E-state index in [0.717, 1.165) is 0 Å². The Balaban J connectivity index is 2.92. The number of ketones is 2. The quantitative estimate of drug-likeness (QED) is 0.419. The van der Waals surface area contributed by atoms with Crippen LogP contribution in [0.25, 0.3) is 0 Å². The summed E-state index contributed by atoms with van der Waals surface area (Å²) in [5.41, 5.74) is 0.520. The second-order valence-corrected chi connectivity index (χ2v) is 4.74. The van der Waals surface area contributed by atoms with Crippen LogP contribution in [0.5, 0.6) is 5.75 Å². The molecule has 0 amide bonds. The van der Waals surface area contributed by atoms with Crippen LogP contribution in [0.2, 0.25) is 0 Å². The van der Waals surface area contributed by atoms with Crippen molar-refractivity contribution in [1.82, 2.24) is 0 Å². The zero-order chi connectivity index (χ0) is 16.7. The second-order valence-electron chi connectivity index (χ2n) is 4.74. The highest BCUT2D eigenvalue weighted by molar-refractivity contribution is 6.03. The maximum atomic E-state index is 12.3. The number of esters is 1. The molecule has 1 rings (SSSR count). The van der Waals surface area contributed by atoms with Crippen molar-refractivity contribution >= 4 is 17.5 Å². The number of ether oxygens (including phenoxy) is 2. The highest BCUT2D eigenvalue weighted by Gasteiger charge is 2.28. The lowest BCUT2D eigenvalue weighted by Gasteiger charge is -2.15. The molecule has 0 radical (unpaired) electrons. The summed E-state index contributed by atoms with van der Waals surface area (Å²) >= 11 is 0. The normalized spacial score (nSPS) is 11.4. The fourth-order valence-electron chi connectivity index (χ4n) is 1.92. The number of carbonyl (C=O) groups excluding carboxylic acids is 3. The molecule has 0 aliphatic rings. The molecule has 0 bridgehead atoms. The van der Waals surface area contributed by atoms with Crippen LogP contribution in [-0.4, -0.2) is 31.3 Å². The third kappa shape index (κ3) is 4.55. The Morgan fingerprint density at radius 3 is 2.23 bits per heavy atom. The van der Waals surface area contributed by atoms with Gasteiger partial charge in [-0.25, -0.2) is 0 Å². The minimum absolute atomic E-state index is 0.0836. The molecule has 1 aromatic carbocycles. The summed E-state index contributed by atoms with van der Waals surface area (Å²) in [4.78, 5) is 35.7. The van der Waals surface area contributed by atoms with Crippen molar-refractivity contribution in [1.29, 1.82) is 0 Å². The van der Waals surface area contributed by atoms with Gasteiger partial charge in [0.1, 0.15) is 5.75 Å². The van der Waals surface area contributed by atoms with Crippen LogP contribution >= 0.6 is 0 Å². The maximum Gasteiger partial charge on any atom is 0.313 e. The van der Waals surface area contributed by atoms with E-state index in [1.807, 2.05) is 0 Å². The number of methoxy groups -OCH3 is 1. The fourth-order valence-corrected chi connectivity index (χ4v) is 1.92. The molecule has 0 fully saturated rings. The average molecular weight is 304 g/mol. The molecule has 0 saturated carbocycles. The zero-order valence-electron chi connectivity index (χ0n) is 13.0. The number of rotatable bonds is 8. The lowest BCUT2D eigenvalue weighted by molar-refractivity contribution is -0.147. The van der Waals surface area contributed by atoms with Crippen molar-refractivity contribution in [2.45, 2.75) is 20.3 Å². The molecule has 1 atom stereocenters. The molecule has 0 saturated heterocycles. The highest BCUT2D eigenvalue weighted by atomic mass is 16.5. The number of hydrogen-bond donors (Lipinski definition) is 0. The summed E-state index contributed by atoms with van der Waals surface area (Å²) in [5, 5.41) is 0. The zero-order valence-corrected chi connectivity index (χ0v) is 13.0. The molecule has 1 aromatic rings. The van der Waals surface area contributed by atoms with E-state index in [1.165, 1.54) is 14.0 Å². The van der Waals surface area contributed by atoms with Gasteiger partial charge in [0.15, 0.2) is 11.6 Å². The predicted molar refractivity (Wildman–Crippen MR) is 81.9 cm³/mol. The predicted octanol–water partition coefficient (Wildman–Crippen LogP) is 2.59. The Kier molecular flexibility index (Phi) is 6.50. The third-order valence-corrected chi connectivity index (χ3v) is 3.25. The average Bonchev–Trinajstić information content (AvgIpc) is 2.51. The van der Waals surface area contributed by atoms with E-state index in [0.29, 0.717) is 11.3 Å². The number of Topliss-reactive ketones (excluding diaryl/α,β-unsaturated/α-hetero) is 2. The molecular weight excluding hydrogens is 284 g/mol. The van der Waals surface area contributed by atoms with Gasteiger partial charge in [0.2, 0.25) is 0 Å². The van der Waals surface area contributed by atoms with Crippen LogP contribution in [0.15, 0.2) is 36.4 Å². The summed E-state index contributed by atoms with van der Waals surface area (Å²) in [6.45, 7) is 6.76. The molecular formula is C17H20O5. The van der Waals surface area contributed by atoms with Crippen LogP contribution in [0, 0.1) is 5.92 Å². The molecule has 22 heavy (non-hydrogen) atoms. The van der Waals surface area contributed by atoms with Crippen molar-refractivity contribution in [2.24, 2.45) is 5.92 Å². The Morgan fingerprint density at radius 1 is 1.18 bits per heavy atom. The fraction of sp³-hybridized carbons (Fsp3) is 0.353. The van der Waals surface area contributed by atoms with Gasteiger partial charge >= 0.3 is 5.97 Å². The van der Waals surface area contributed by atoms with Crippen LogP contribution in [0.4, 0.5) is 0 Å². The first kappa shape index (κ1) is 17.6. The minimum atomic E-state index is -0.952. The number of carbonyl (C=O) groups is 3. The van der Waals surface area contributed by atoms with E-state index in [1.54, 1.807) is 31.2 Å². The Bertz CT molecular complexity index is 571. The van der Waals surface area contributed by atoms with Gasteiger partial charge in [0.05, 0.1) is 19.6 Å². The smallest absolute Gasteiger partial charge is 0.313 e. The summed E-state index contributed by atoms with van der Waals surface area (Å²) < 4.78 is 9.95. The van der Waals surface area contributed by atoms with Crippen molar-refractivity contribution in [2.75, 3.05) is 13.7 Å². The molecule has 5 heteroatoms. The third-order valence-electron chi connectivity index (χ3n) is 3.25. The largest absolute Gasteiger partial charge is 0.497 e. The van der Waals surface area contributed by atoms with E-state index >= 15 is 0 Å². The molecule has 0 spiro atoms. The van der Waals surface area contributed by atoms with E-state index in [-0.39, 0.29) is 30.2 Å². The molecule has 0 aromatic heterocycles. The molecule has 0 aliphatic carbocycles. The van der Waals surface area contributed by atoms with Crippen molar-refractivity contribution < 1.29 is 23.9 Å². The Hall–Kier alpha value is -2.43. The number of hydrogen-bond acceptors (Lipinski definition) is 5. The van der Waals surface area contributed by atoms with E-state index in [2.05, 4.69) is 6.58 Å². The van der Waals surface area contributed by atoms with Gasteiger partial charge in [-0.3, -0.25) is 14.4 Å². The molecule has 0 N–H and O–H groups in total. The number of benzene rings is 1. The summed E-state index contributed by atoms with van der Waals surface area (Å²) in [6, 6.07) is 6.54. The van der Waals surface area contributed by atoms with Crippen molar-refractivity contribution in [3.05, 3.63) is 42.0 Å². The topological polar surface area (TPSA) is 69.7 Å². The summed E-state index contributed by atoms with van der Waals surface area (Å²) in [7, 11) is 1.53. The van der Waals surface area contributed by atoms with Gasteiger partial charge in [0.25, 0.3) is 0 Å². The van der Waals surface area contributed by atoms with Gasteiger partial charge in [-0.15, -0.1) is 0 Å². The monoisotopic (exact) mass is 304 g/mol. The SMILES string of the molecule is C=C(C(C)=O)[C@@H](CC(=O)c1ccc(OC)cc1)C(=O)OCC. The first-order valence-corrected chi connectivity index (χ1v) is 6.94. The van der Waals surface area contributed by atoms with E-state index in [9.17, 15) is 14.4 Å². The maximum absolute atomic E-state index is 12.3. The van der Waals surface area contributed by atoms with Gasteiger partial charge in [-0.1, -0.05) is 6.58 Å². The van der Waals surface area contributed by atoms with E-state index < -0.39 is 11.9 Å². The van der Waals surface area contributed by atoms with Crippen molar-refractivity contribution in [3.63, 3.8) is 0 Å². The summed E-state index contributed by atoms with van der Waals surface area (Å²) in [6.07, 6.45) is -0.149. The van der Waals surface area contributed by atoms with Crippen molar-refractivity contribution in [3.8, 4) is 5.75 Å². The van der Waals surface area contributed by atoms with Crippen LogP contribution in [0.1, 0.15) is 30.6 Å².